The molecule has 0 N–H and O–H groups in total. The molecule has 4 nitrogen and oxygen atoms in total. The quantitative estimate of drug-likeness (QED) is 0.807. The van der Waals surface area contributed by atoms with Gasteiger partial charge in [0.2, 0.25) is 0 Å². The van der Waals surface area contributed by atoms with Crippen molar-refractivity contribution in [3.63, 3.8) is 0 Å². The van der Waals surface area contributed by atoms with Crippen molar-refractivity contribution in [1.29, 1.82) is 0 Å². The van der Waals surface area contributed by atoms with Crippen molar-refractivity contribution in [3.8, 4) is 0 Å². The molecule has 0 bridgehead atoms. The minimum Gasteiger partial charge on any atom is -0.307 e. The number of fused-ring (bicyclic) bond motifs is 1. The van der Waals surface area contributed by atoms with Gasteiger partial charge in [-0.15, -0.1) is 11.6 Å². The van der Waals surface area contributed by atoms with Crippen LogP contribution in [0.5, 0.6) is 0 Å². The van der Waals surface area contributed by atoms with E-state index in [4.69, 9.17) is 16.6 Å². The third kappa shape index (κ3) is 1.72. The summed E-state index contributed by atoms with van der Waals surface area (Å²) in [4.78, 5) is 4.81. The molecule has 1 saturated carbocycles. The van der Waals surface area contributed by atoms with Crippen LogP contribution in [-0.4, -0.2) is 25.2 Å². The smallest absolute Gasteiger partial charge is 0.159 e. The highest BCUT2D eigenvalue weighted by atomic mass is 35.5. The molecule has 0 saturated heterocycles. The van der Waals surface area contributed by atoms with Crippen LogP contribution in [0.1, 0.15) is 44.1 Å². The predicted molar refractivity (Wildman–Crippen MR) is 77.8 cm³/mol. The predicted octanol–water partition coefficient (Wildman–Crippen LogP) is 3.15. The summed E-state index contributed by atoms with van der Waals surface area (Å²) in [5.74, 6) is 1.75. The fraction of sp³-hybridized carbons (Fsp3) is 0.714. The average molecular weight is 281 g/mol. The van der Waals surface area contributed by atoms with Gasteiger partial charge in [-0.2, -0.15) is 5.10 Å². The van der Waals surface area contributed by atoms with E-state index in [1.807, 2.05) is 18.7 Å². The molecule has 19 heavy (non-hydrogen) atoms. The standard InChI is InChI=1S/C14H21ClN4/c1-4-14(7-5-8-14)19-11(6-9-15)16-12-10(2)17-18(3)13(12)19/h4-9H2,1-3H3. The molecular weight excluding hydrogens is 260 g/mol. The van der Waals surface area contributed by atoms with Gasteiger partial charge >= 0.3 is 0 Å². The number of alkyl halides is 1. The molecule has 0 aliphatic heterocycles. The maximum Gasteiger partial charge on any atom is 0.159 e. The van der Waals surface area contributed by atoms with E-state index in [1.165, 1.54) is 24.9 Å². The first kappa shape index (κ1) is 13.0. The first-order valence-corrected chi connectivity index (χ1v) is 7.64. The topological polar surface area (TPSA) is 35.6 Å². The van der Waals surface area contributed by atoms with Crippen LogP contribution in [-0.2, 0) is 19.0 Å². The molecule has 1 fully saturated rings. The Morgan fingerprint density at radius 1 is 1.37 bits per heavy atom. The molecule has 0 aromatic carbocycles. The van der Waals surface area contributed by atoms with Crippen molar-refractivity contribution in [2.24, 2.45) is 7.05 Å². The molecule has 104 valence electrons. The highest BCUT2D eigenvalue weighted by molar-refractivity contribution is 6.17. The molecule has 1 aliphatic rings. The number of imidazole rings is 1. The molecule has 0 radical (unpaired) electrons. The fourth-order valence-corrected chi connectivity index (χ4v) is 3.56. The minimum atomic E-state index is 0.246. The number of nitrogens with zero attached hydrogens (tertiary/aromatic N) is 4. The molecule has 5 heteroatoms. The zero-order valence-corrected chi connectivity index (χ0v) is 12.7. The first-order chi connectivity index (χ1) is 9.13. The summed E-state index contributed by atoms with van der Waals surface area (Å²) in [6.07, 6.45) is 5.78. The second-order valence-electron chi connectivity index (χ2n) is 5.62. The van der Waals surface area contributed by atoms with Gasteiger partial charge in [-0.05, 0) is 32.6 Å². The van der Waals surface area contributed by atoms with Gasteiger partial charge in [0.15, 0.2) is 5.65 Å². The lowest BCUT2D eigenvalue weighted by Gasteiger charge is -2.43. The van der Waals surface area contributed by atoms with Crippen molar-refractivity contribution >= 4 is 22.8 Å². The summed E-state index contributed by atoms with van der Waals surface area (Å²) in [7, 11) is 2.01. The lowest BCUT2D eigenvalue weighted by Crippen LogP contribution is -2.41. The normalized spacial score (nSPS) is 17.9. The number of aromatic nitrogens is 4. The van der Waals surface area contributed by atoms with Crippen molar-refractivity contribution in [2.75, 3.05) is 5.88 Å². The van der Waals surface area contributed by atoms with Gasteiger partial charge < -0.3 is 4.57 Å². The Labute approximate surface area is 118 Å². The van der Waals surface area contributed by atoms with E-state index in [0.29, 0.717) is 5.88 Å². The van der Waals surface area contributed by atoms with E-state index in [-0.39, 0.29) is 5.54 Å². The Balaban J connectivity index is 2.27. The van der Waals surface area contributed by atoms with Gasteiger partial charge in [-0.1, -0.05) is 6.92 Å². The van der Waals surface area contributed by atoms with E-state index in [1.54, 1.807) is 0 Å². The monoisotopic (exact) mass is 280 g/mol. The van der Waals surface area contributed by atoms with Gasteiger partial charge in [0.1, 0.15) is 11.3 Å². The molecule has 0 spiro atoms. The van der Waals surface area contributed by atoms with Crippen LogP contribution in [0.15, 0.2) is 0 Å². The summed E-state index contributed by atoms with van der Waals surface area (Å²) in [5, 5.41) is 4.52. The van der Waals surface area contributed by atoms with Crippen LogP contribution in [0.3, 0.4) is 0 Å². The maximum absolute atomic E-state index is 5.96. The van der Waals surface area contributed by atoms with Gasteiger partial charge in [-0.25, -0.2) is 4.98 Å². The molecule has 1 aliphatic carbocycles. The molecule has 0 atom stereocenters. The summed E-state index contributed by atoms with van der Waals surface area (Å²) in [6, 6.07) is 0. The lowest BCUT2D eigenvalue weighted by atomic mass is 9.74. The molecule has 2 aromatic rings. The molecule has 0 amide bonds. The van der Waals surface area contributed by atoms with E-state index in [2.05, 4.69) is 16.6 Å². The van der Waals surface area contributed by atoms with Crippen molar-refractivity contribution in [3.05, 3.63) is 11.5 Å². The van der Waals surface area contributed by atoms with E-state index < -0.39 is 0 Å². The molecule has 2 heterocycles. The number of rotatable bonds is 4. The Kier molecular flexibility index (Phi) is 3.08. The number of hydrogen-bond donors (Lipinski definition) is 0. The van der Waals surface area contributed by atoms with Crippen molar-refractivity contribution < 1.29 is 0 Å². The molecule has 3 rings (SSSR count). The number of halogens is 1. The van der Waals surface area contributed by atoms with Crippen molar-refractivity contribution in [2.45, 2.75) is 51.5 Å². The Hall–Kier alpha value is -1.03. The maximum atomic E-state index is 5.96. The fourth-order valence-electron chi connectivity index (χ4n) is 3.39. The van der Waals surface area contributed by atoms with Gasteiger partial charge in [-0.3, -0.25) is 4.68 Å². The van der Waals surface area contributed by atoms with Crippen LogP contribution in [0.4, 0.5) is 0 Å². The Morgan fingerprint density at radius 2 is 2.11 bits per heavy atom. The average Bonchev–Trinajstić information content (AvgIpc) is 2.81. The third-order valence-corrected chi connectivity index (χ3v) is 4.80. The minimum absolute atomic E-state index is 0.246. The number of hydrogen-bond acceptors (Lipinski definition) is 2. The van der Waals surface area contributed by atoms with Gasteiger partial charge in [0.25, 0.3) is 0 Å². The van der Waals surface area contributed by atoms with Crippen LogP contribution in [0, 0.1) is 6.92 Å². The van der Waals surface area contributed by atoms with Crippen LogP contribution < -0.4 is 0 Å². The molecular formula is C14H21ClN4. The van der Waals surface area contributed by atoms with Gasteiger partial charge in [0, 0.05) is 24.9 Å². The van der Waals surface area contributed by atoms with Crippen LogP contribution >= 0.6 is 11.6 Å². The zero-order valence-electron chi connectivity index (χ0n) is 11.9. The molecule has 2 aromatic heterocycles. The van der Waals surface area contributed by atoms with Crippen LogP contribution in [0.25, 0.3) is 11.2 Å². The second kappa shape index (κ2) is 4.51. The van der Waals surface area contributed by atoms with E-state index >= 15 is 0 Å². The lowest BCUT2D eigenvalue weighted by molar-refractivity contribution is 0.136. The van der Waals surface area contributed by atoms with E-state index in [9.17, 15) is 0 Å². The Bertz CT molecular complexity index is 601. The van der Waals surface area contributed by atoms with Gasteiger partial charge in [0.05, 0.1) is 5.69 Å². The second-order valence-corrected chi connectivity index (χ2v) is 5.99. The summed E-state index contributed by atoms with van der Waals surface area (Å²) < 4.78 is 4.42. The van der Waals surface area contributed by atoms with Crippen molar-refractivity contribution in [1.82, 2.24) is 19.3 Å². The largest absolute Gasteiger partial charge is 0.307 e. The summed E-state index contributed by atoms with van der Waals surface area (Å²) in [6.45, 7) is 4.31. The van der Waals surface area contributed by atoms with E-state index in [0.717, 1.165) is 29.9 Å². The molecule has 0 unspecified atom stereocenters. The highest BCUT2D eigenvalue weighted by Crippen LogP contribution is 2.44. The SMILES string of the molecule is CCC1(n2c(CCCl)nc3c(C)nn(C)c32)CCC1. The number of aryl methyl sites for hydroxylation is 3. The summed E-state index contributed by atoms with van der Waals surface area (Å²) in [5.41, 5.74) is 3.47. The Morgan fingerprint density at radius 3 is 2.63 bits per heavy atom. The summed E-state index contributed by atoms with van der Waals surface area (Å²) >= 11 is 5.96. The first-order valence-electron chi connectivity index (χ1n) is 7.10. The third-order valence-electron chi connectivity index (χ3n) is 4.61. The zero-order chi connectivity index (χ0) is 13.6. The van der Waals surface area contributed by atoms with Crippen LogP contribution in [0.2, 0.25) is 0 Å². The highest BCUT2D eigenvalue weighted by Gasteiger charge is 2.40.